The molecule has 1 aliphatic heterocycles. The zero-order chi connectivity index (χ0) is 20.5. The van der Waals surface area contributed by atoms with Gasteiger partial charge in [-0.2, -0.15) is 8.42 Å². The van der Waals surface area contributed by atoms with Gasteiger partial charge in [-0.25, -0.2) is 4.39 Å². The molecule has 0 aliphatic carbocycles. The maximum Gasteiger partial charge on any atom is 0.284 e. The first-order valence-electron chi connectivity index (χ1n) is 7.99. The largest absolute Gasteiger partial charge is 0.286 e. The third-order valence-corrected chi connectivity index (χ3v) is 7.27. The zero-order valence-corrected chi connectivity index (χ0v) is 18.9. The number of carbonyl (C=O) groups is 1. The minimum atomic E-state index is -4.03. The maximum absolute atomic E-state index is 14.3. The quantitative estimate of drug-likeness (QED) is 0.407. The van der Waals surface area contributed by atoms with Crippen LogP contribution in [-0.4, -0.2) is 30.9 Å². The van der Waals surface area contributed by atoms with E-state index in [1.54, 1.807) is 25.1 Å². The van der Waals surface area contributed by atoms with Gasteiger partial charge in [-0.3, -0.25) is 9.69 Å². The van der Waals surface area contributed by atoms with E-state index in [4.69, 9.17) is 11.6 Å². The molecule has 146 valence electrons. The minimum Gasteiger partial charge on any atom is -0.286 e. The molecule has 1 fully saturated rings. The third kappa shape index (κ3) is 4.42. The van der Waals surface area contributed by atoms with Gasteiger partial charge in [-0.15, -0.1) is 4.40 Å². The number of nitrogens with zero attached hydrogens (tertiary/aromatic N) is 2. The van der Waals surface area contributed by atoms with E-state index in [0.29, 0.717) is 8.59 Å². The summed E-state index contributed by atoms with van der Waals surface area (Å²) in [7, 11) is -4.03. The lowest BCUT2D eigenvalue weighted by molar-refractivity contribution is -0.122. The van der Waals surface area contributed by atoms with E-state index in [1.165, 1.54) is 35.2 Å². The van der Waals surface area contributed by atoms with Crippen LogP contribution < -0.4 is 0 Å². The molecule has 0 spiro atoms. The van der Waals surface area contributed by atoms with Crippen LogP contribution in [0, 0.1) is 9.39 Å². The van der Waals surface area contributed by atoms with Gasteiger partial charge in [0.2, 0.25) is 0 Å². The molecule has 1 heterocycles. The molecular formula is C18H13ClFIN2O3S2. The molecule has 28 heavy (non-hydrogen) atoms. The van der Waals surface area contributed by atoms with Gasteiger partial charge in [0.1, 0.15) is 5.82 Å². The average Bonchev–Trinajstić information content (AvgIpc) is 2.93. The molecule has 0 unspecified atom stereocenters. The molecule has 0 atom stereocenters. The number of halogens is 3. The molecule has 1 saturated heterocycles. The molecule has 10 heteroatoms. The van der Waals surface area contributed by atoms with Crippen LogP contribution in [0.1, 0.15) is 12.5 Å². The maximum atomic E-state index is 14.3. The van der Waals surface area contributed by atoms with E-state index in [0.717, 1.165) is 11.8 Å². The number of carbonyl (C=O) groups excluding carboxylic acids is 1. The highest BCUT2D eigenvalue weighted by Crippen LogP contribution is 2.34. The number of likely N-dealkylation sites (N-methyl/N-ethyl adjacent to an activating group) is 1. The smallest absolute Gasteiger partial charge is 0.284 e. The van der Waals surface area contributed by atoms with Crippen molar-refractivity contribution in [2.24, 2.45) is 4.40 Å². The van der Waals surface area contributed by atoms with Gasteiger partial charge < -0.3 is 0 Å². The van der Waals surface area contributed by atoms with E-state index >= 15 is 0 Å². The van der Waals surface area contributed by atoms with Crippen LogP contribution in [0.2, 0.25) is 5.02 Å². The summed E-state index contributed by atoms with van der Waals surface area (Å²) in [6.45, 7) is 1.94. The summed E-state index contributed by atoms with van der Waals surface area (Å²) in [5.74, 6) is -0.859. The Morgan fingerprint density at radius 3 is 2.57 bits per heavy atom. The van der Waals surface area contributed by atoms with Crippen molar-refractivity contribution in [3.05, 3.63) is 67.3 Å². The molecule has 0 aromatic heterocycles. The fourth-order valence-electron chi connectivity index (χ4n) is 2.39. The number of benzene rings is 2. The van der Waals surface area contributed by atoms with Crippen LogP contribution in [0.5, 0.6) is 0 Å². The van der Waals surface area contributed by atoms with Crippen LogP contribution in [0.4, 0.5) is 4.39 Å². The number of thioether (sulfide) groups is 1. The Bertz CT molecular complexity index is 1100. The Morgan fingerprint density at radius 1 is 1.25 bits per heavy atom. The van der Waals surface area contributed by atoms with Crippen molar-refractivity contribution in [2.45, 2.75) is 11.8 Å². The lowest BCUT2D eigenvalue weighted by Gasteiger charge is -2.11. The topological polar surface area (TPSA) is 66.8 Å². The van der Waals surface area contributed by atoms with Crippen molar-refractivity contribution in [3.63, 3.8) is 0 Å². The predicted octanol–water partition coefficient (Wildman–Crippen LogP) is 4.76. The van der Waals surface area contributed by atoms with Crippen LogP contribution in [-0.2, 0) is 14.8 Å². The van der Waals surface area contributed by atoms with Crippen molar-refractivity contribution >= 4 is 73.1 Å². The second kappa shape index (κ2) is 8.52. The van der Waals surface area contributed by atoms with Crippen molar-refractivity contribution in [3.8, 4) is 0 Å². The predicted molar refractivity (Wildman–Crippen MR) is 118 cm³/mol. The summed E-state index contributed by atoms with van der Waals surface area (Å²) < 4.78 is 43.6. The van der Waals surface area contributed by atoms with Crippen LogP contribution in [0.3, 0.4) is 0 Å². The second-order valence-electron chi connectivity index (χ2n) is 5.61. The fraction of sp³-hybridized carbons (Fsp3) is 0.111. The first-order chi connectivity index (χ1) is 13.2. The first kappa shape index (κ1) is 21.3. The number of amidine groups is 1. The van der Waals surface area contributed by atoms with Crippen LogP contribution >= 0.6 is 46.0 Å². The Balaban J connectivity index is 1.99. The van der Waals surface area contributed by atoms with E-state index in [1.807, 2.05) is 22.6 Å². The number of hydrogen-bond acceptors (Lipinski definition) is 4. The number of amides is 1. The molecule has 1 amide bonds. The normalized spacial score (nSPS) is 17.7. The molecule has 0 bridgehead atoms. The molecule has 0 radical (unpaired) electrons. The summed E-state index contributed by atoms with van der Waals surface area (Å²) in [5, 5.41) is 0.427. The van der Waals surface area contributed by atoms with Crippen molar-refractivity contribution < 1.29 is 17.6 Å². The van der Waals surface area contributed by atoms with Crippen molar-refractivity contribution in [1.82, 2.24) is 4.90 Å². The third-order valence-electron chi connectivity index (χ3n) is 3.78. The van der Waals surface area contributed by atoms with Gasteiger partial charge in [0.05, 0.1) is 9.80 Å². The molecule has 0 N–H and O–H groups in total. The molecule has 2 aromatic rings. The lowest BCUT2D eigenvalue weighted by Crippen LogP contribution is -2.29. The summed E-state index contributed by atoms with van der Waals surface area (Å²) in [6, 6.07) is 10.4. The Kier molecular flexibility index (Phi) is 6.47. The summed E-state index contributed by atoms with van der Waals surface area (Å²) >= 11 is 8.55. The molecule has 2 aromatic carbocycles. The Labute approximate surface area is 184 Å². The first-order valence-corrected chi connectivity index (χ1v) is 11.7. The standard InChI is InChI=1S/C18H13ClFIN2O3S2/c1-2-23-17(24)15(10-11-4-3-5-14(21)16(11)20)27-18(23)22-28(25,26)13-8-6-12(19)7-9-13/h3-10H,2H2,1H3/b15-10-,22-18?. The Hall–Kier alpha value is -1.43. The molecule has 0 saturated carbocycles. The zero-order valence-electron chi connectivity index (χ0n) is 14.4. The summed E-state index contributed by atoms with van der Waals surface area (Å²) in [4.78, 5) is 14.0. The van der Waals surface area contributed by atoms with Gasteiger partial charge in [-0.05, 0) is 77.7 Å². The van der Waals surface area contributed by atoms with Gasteiger partial charge in [0.15, 0.2) is 5.17 Å². The van der Waals surface area contributed by atoms with Crippen LogP contribution in [0.25, 0.3) is 6.08 Å². The van der Waals surface area contributed by atoms with Crippen molar-refractivity contribution in [2.75, 3.05) is 6.54 Å². The van der Waals surface area contributed by atoms with Gasteiger partial charge in [-0.1, -0.05) is 23.7 Å². The highest BCUT2D eigenvalue weighted by molar-refractivity contribution is 14.1. The van der Waals surface area contributed by atoms with Gasteiger partial charge >= 0.3 is 0 Å². The summed E-state index contributed by atoms with van der Waals surface area (Å²) in [6.07, 6.45) is 1.41. The molecule has 5 nitrogen and oxygen atoms in total. The summed E-state index contributed by atoms with van der Waals surface area (Å²) in [5.41, 5.74) is 0.251. The fourth-order valence-corrected chi connectivity index (χ4v) is 5.27. The van der Waals surface area contributed by atoms with E-state index in [-0.39, 0.29) is 27.1 Å². The monoisotopic (exact) mass is 550 g/mol. The van der Waals surface area contributed by atoms with Gasteiger partial charge in [0.25, 0.3) is 15.9 Å². The molecule has 1 aliphatic rings. The van der Waals surface area contributed by atoms with E-state index in [9.17, 15) is 17.6 Å². The number of rotatable bonds is 4. The highest BCUT2D eigenvalue weighted by Gasteiger charge is 2.34. The minimum absolute atomic E-state index is 0.0275. The lowest BCUT2D eigenvalue weighted by atomic mass is 10.2. The highest BCUT2D eigenvalue weighted by atomic mass is 127. The number of hydrogen-bond donors (Lipinski definition) is 0. The SMILES string of the molecule is CCN1C(=O)/C(=C/c2cccc(I)c2F)SC1=NS(=O)(=O)c1ccc(Cl)cc1. The van der Waals surface area contributed by atoms with Gasteiger partial charge in [0, 0.05) is 20.7 Å². The average molecular weight is 551 g/mol. The number of sulfonamides is 1. The molecular weight excluding hydrogens is 538 g/mol. The van der Waals surface area contributed by atoms with Crippen LogP contribution in [0.15, 0.2) is 56.7 Å². The van der Waals surface area contributed by atoms with E-state index < -0.39 is 21.7 Å². The van der Waals surface area contributed by atoms with E-state index in [2.05, 4.69) is 4.40 Å². The molecule has 3 rings (SSSR count). The second-order valence-corrected chi connectivity index (χ2v) is 9.82. The Morgan fingerprint density at radius 2 is 1.93 bits per heavy atom. The van der Waals surface area contributed by atoms with Crippen molar-refractivity contribution in [1.29, 1.82) is 0 Å².